The van der Waals surface area contributed by atoms with Crippen LogP contribution in [0.3, 0.4) is 0 Å². The number of aliphatic carboxylic acids is 1. The van der Waals surface area contributed by atoms with Gasteiger partial charge in [0.05, 0.1) is 27.6 Å². The average molecular weight is 366 g/mol. The number of hydrogen-bond acceptors (Lipinski definition) is 4. The second-order valence-electron chi connectivity index (χ2n) is 6.48. The summed E-state index contributed by atoms with van der Waals surface area (Å²) in [5, 5.41) is 12.1. The highest BCUT2D eigenvalue weighted by atomic mass is 32.1. The molecule has 1 aliphatic rings. The van der Waals surface area contributed by atoms with E-state index in [1.807, 2.05) is 47.8 Å². The Morgan fingerprint density at radius 2 is 2.04 bits per heavy atom. The van der Waals surface area contributed by atoms with E-state index in [4.69, 9.17) is 4.98 Å². The number of piperidine rings is 1. The van der Waals surface area contributed by atoms with Gasteiger partial charge in [-0.25, -0.2) is 4.98 Å². The normalized spacial score (nSPS) is 17.4. The number of aromatic nitrogens is 1. The monoisotopic (exact) mass is 366 g/mol. The molecule has 1 aromatic carbocycles. The van der Waals surface area contributed by atoms with Crippen molar-refractivity contribution in [3.63, 3.8) is 0 Å². The van der Waals surface area contributed by atoms with Gasteiger partial charge in [-0.15, -0.1) is 11.3 Å². The van der Waals surface area contributed by atoms with Crippen molar-refractivity contribution in [3.05, 3.63) is 53.4 Å². The van der Waals surface area contributed by atoms with Crippen molar-refractivity contribution in [2.45, 2.75) is 12.8 Å². The van der Waals surface area contributed by atoms with Gasteiger partial charge in [0, 0.05) is 18.5 Å². The summed E-state index contributed by atoms with van der Waals surface area (Å²) in [6.45, 7) is 0.854. The first kappa shape index (κ1) is 16.7. The van der Waals surface area contributed by atoms with Gasteiger partial charge in [0.2, 0.25) is 0 Å². The summed E-state index contributed by atoms with van der Waals surface area (Å²) in [5.41, 5.74) is 2.13. The third-order valence-corrected chi connectivity index (χ3v) is 5.67. The molecule has 0 spiro atoms. The van der Waals surface area contributed by atoms with E-state index in [9.17, 15) is 14.7 Å². The van der Waals surface area contributed by atoms with Crippen LogP contribution in [0.4, 0.5) is 0 Å². The number of likely N-dealkylation sites (tertiary alicyclic amines) is 1. The number of carbonyl (C=O) groups is 2. The highest BCUT2D eigenvalue weighted by Gasteiger charge is 2.29. The highest BCUT2D eigenvalue weighted by molar-refractivity contribution is 7.13. The molecular formula is C20H18N2O3S. The minimum absolute atomic E-state index is 0.118. The summed E-state index contributed by atoms with van der Waals surface area (Å²) in [7, 11) is 0. The minimum Gasteiger partial charge on any atom is -0.481 e. The maximum Gasteiger partial charge on any atom is 0.308 e. The van der Waals surface area contributed by atoms with E-state index >= 15 is 0 Å². The molecule has 1 atom stereocenters. The lowest BCUT2D eigenvalue weighted by Crippen LogP contribution is -2.42. The molecule has 2 aromatic heterocycles. The molecule has 132 valence electrons. The van der Waals surface area contributed by atoms with Crippen molar-refractivity contribution in [2.24, 2.45) is 5.92 Å². The number of amides is 1. The summed E-state index contributed by atoms with van der Waals surface area (Å²) >= 11 is 1.58. The molecule has 1 amide bonds. The molecule has 0 unspecified atom stereocenters. The molecule has 0 aliphatic carbocycles. The smallest absolute Gasteiger partial charge is 0.308 e. The number of para-hydroxylation sites is 1. The number of thiophene rings is 1. The molecule has 3 heterocycles. The largest absolute Gasteiger partial charge is 0.481 e. The van der Waals surface area contributed by atoms with Gasteiger partial charge < -0.3 is 10.0 Å². The molecule has 26 heavy (non-hydrogen) atoms. The Bertz CT molecular complexity index is 968. The van der Waals surface area contributed by atoms with E-state index in [0.29, 0.717) is 24.9 Å². The quantitative estimate of drug-likeness (QED) is 0.763. The first-order valence-electron chi connectivity index (χ1n) is 8.59. The zero-order valence-corrected chi connectivity index (χ0v) is 14.9. The van der Waals surface area contributed by atoms with Crippen molar-refractivity contribution in [2.75, 3.05) is 13.1 Å². The Morgan fingerprint density at radius 1 is 1.19 bits per heavy atom. The summed E-state index contributed by atoms with van der Waals surface area (Å²) in [6, 6.07) is 13.4. The van der Waals surface area contributed by atoms with E-state index in [2.05, 4.69) is 0 Å². The number of nitrogens with zero attached hydrogens (tertiary/aromatic N) is 2. The van der Waals surface area contributed by atoms with E-state index in [-0.39, 0.29) is 12.5 Å². The first-order chi connectivity index (χ1) is 12.6. The highest BCUT2D eigenvalue weighted by Crippen LogP contribution is 2.29. The second-order valence-corrected chi connectivity index (χ2v) is 7.43. The van der Waals surface area contributed by atoms with Crippen LogP contribution in [0.15, 0.2) is 47.8 Å². The van der Waals surface area contributed by atoms with Gasteiger partial charge in [-0.1, -0.05) is 24.3 Å². The average Bonchev–Trinajstić information content (AvgIpc) is 3.21. The number of fused-ring (bicyclic) bond motifs is 1. The topological polar surface area (TPSA) is 70.5 Å². The van der Waals surface area contributed by atoms with Crippen molar-refractivity contribution >= 4 is 34.1 Å². The molecule has 0 radical (unpaired) electrons. The summed E-state index contributed by atoms with van der Waals surface area (Å²) < 4.78 is 0. The molecule has 1 fully saturated rings. The number of carboxylic acids is 1. The number of benzene rings is 1. The fraction of sp³-hybridized carbons (Fsp3) is 0.250. The van der Waals surface area contributed by atoms with Gasteiger partial charge in [-0.05, 0) is 36.4 Å². The van der Waals surface area contributed by atoms with Gasteiger partial charge in [0.1, 0.15) is 0 Å². The Kier molecular flexibility index (Phi) is 4.42. The standard InChI is InChI=1S/C20H18N2O3S/c23-19(22-9-3-5-13(12-22)20(24)25)15-11-17(18-8-4-10-26-18)21-16-7-2-1-6-14(15)16/h1-2,4,6-8,10-11,13H,3,5,9,12H2,(H,24,25)/t13-/m0/s1. The van der Waals surface area contributed by atoms with Gasteiger partial charge in [-0.3, -0.25) is 9.59 Å². The maximum absolute atomic E-state index is 13.2. The Hall–Kier alpha value is -2.73. The van der Waals surface area contributed by atoms with E-state index in [1.165, 1.54) is 0 Å². The van der Waals surface area contributed by atoms with Crippen LogP contribution < -0.4 is 0 Å². The van der Waals surface area contributed by atoms with Crippen LogP contribution in [0.2, 0.25) is 0 Å². The number of pyridine rings is 1. The van der Waals surface area contributed by atoms with Crippen LogP contribution >= 0.6 is 11.3 Å². The van der Waals surface area contributed by atoms with Crippen LogP contribution in [0.1, 0.15) is 23.2 Å². The molecule has 5 nitrogen and oxygen atoms in total. The molecule has 6 heteroatoms. The van der Waals surface area contributed by atoms with Crippen LogP contribution in [0, 0.1) is 5.92 Å². The molecule has 1 saturated heterocycles. The maximum atomic E-state index is 13.2. The molecule has 3 aromatic rings. The first-order valence-corrected chi connectivity index (χ1v) is 9.47. The summed E-state index contributed by atoms with van der Waals surface area (Å²) in [4.78, 5) is 31.9. The SMILES string of the molecule is O=C(O)[C@H]1CCCN(C(=O)c2cc(-c3cccs3)nc3ccccc23)C1. The van der Waals surface area contributed by atoms with Crippen molar-refractivity contribution in [1.82, 2.24) is 9.88 Å². The van der Waals surface area contributed by atoms with E-state index < -0.39 is 11.9 Å². The third kappa shape index (κ3) is 3.08. The van der Waals surface area contributed by atoms with Gasteiger partial charge in [0.15, 0.2) is 0 Å². The Balaban J connectivity index is 1.77. The molecule has 1 aliphatic heterocycles. The fourth-order valence-electron chi connectivity index (χ4n) is 3.44. The third-order valence-electron chi connectivity index (χ3n) is 4.78. The lowest BCUT2D eigenvalue weighted by molar-refractivity contribution is -0.143. The molecule has 0 bridgehead atoms. The lowest BCUT2D eigenvalue weighted by atomic mass is 9.97. The molecule has 0 saturated carbocycles. The van der Waals surface area contributed by atoms with E-state index in [1.54, 1.807) is 16.2 Å². The zero-order valence-electron chi connectivity index (χ0n) is 14.1. The van der Waals surface area contributed by atoms with Crippen LogP contribution in [0.5, 0.6) is 0 Å². The van der Waals surface area contributed by atoms with Crippen molar-refractivity contribution in [1.29, 1.82) is 0 Å². The Labute approximate surface area is 154 Å². The van der Waals surface area contributed by atoms with Crippen molar-refractivity contribution < 1.29 is 14.7 Å². The van der Waals surface area contributed by atoms with Crippen molar-refractivity contribution in [3.8, 4) is 10.6 Å². The fourth-order valence-corrected chi connectivity index (χ4v) is 4.12. The van der Waals surface area contributed by atoms with Crippen LogP contribution in [-0.2, 0) is 4.79 Å². The number of carboxylic acid groups (broad SMARTS) is 1. The minimum atomic E-state index is -0.832. The van der Waals surface area contributed by atoms with Gasteiger partial charge in [0.25, 0.3) is 5.91 Å². The van der Waals surface area contributed by atoms with E-state index in [0.717, 1.165) is 21.5 Å². The zero-order chi connectivity index (χ0) is 18.1. The predicted molar refractivity (Wildman–Crippen MR) is 101 cm³/mol. The number of carbonyl (C=O) groups excluding carboxylic acids is 1. The summed E-state index contributed by atoms with van der Waals surface area (Å²) in [6.07, 6.45) is 1.33. The van der Waals surface area contributed by atoms with Crippen LogP contribution in [-0.4, -0.2) is 40.0 Å². The predicted octanol–water partition coefficient (Wildman–Crippen LogP) is 3.90. The Morgan fingerprint density at radius 3 is 2.81 bits per heavy atom. The lowest BCUT2D eigenvalue weighted by Gasteiger charge is -2.31. The van der Waals surface area contributed by atoms with Crippen LogP contribution in [0.25, 0.3) is 21.5 Å². The number of hydrogen-bond donors (Lipinski definition) is 1. The second kappa shape index (κ2) is 6.88. The number of rotatable bonds is 3. The van der Waals surface area contributed by atoms with Gasteiger partial charge in [-0.2, -0.15) is 0 Å². The molecular weight excluding hydrogens is 348 g/mol. The van der Waals surface area contributed by atoms with Gasteiger partial charge >= 0.3 is 5.97 Å². The molecule has 1 N–H and O–H groups in total. The summed E-state index contributed by atoms with van der Waals surface area (Å²) in [5.74, 6) is -1.44. The molecule has 4 rings (SSSR count).